The average molecular weight is 561 g/mol. The number of nitrogens with zero attached hydrogens (tertiary/aromatic N) is 2. The minimum absolute atomic E-state index is 0.00772. The number of rotatable bonds is 12. The fourth-order valence-electron chi connectivity index (χ4n) is 3.40. The van der Waals surface area contributed by atoms with E-state index in [9.17, 15) is 18.0 Å². The van der Waals surface area contributed by atoms with Crippen LogP contribution in [0, 0.1) is 0 Å². The van der Waals surface area contributed by atoms with Gasteiger partial charge in [0.15, 0.2) is 0 Å². The molecule has 198 valence electrons. The zero-order valence-electron chi connectivity index (χ0n) is 20.9. The molecule has 2 rings (SSSR count). The fourth-order valence-corrected chi connectivity index (χ4v) is 4.57. The smallest absolute Gasteiger partial charge is 0.244 e. The Balaban J connectivity index is 2.46. The van der Waals surface area contributed by atoms with E-state index >= 15 is 0 Å². The number of methoxy groups -OCH3 is 2. The normalized spacial score (nSPS) is 12.0. The van der Waals surface area contributed by atoms with Gasteiger partial charge < -0.3 is 19.7 Å². The SMILES string of the molecule is CCCNC(=O)[C@H](C)N(Cc1ccc(Cl)c(Cl)c1)C(=O)CN(c1ccc(OC)cc1OC)S(C)(=O)=O. The van der Waals surface area contributed by atoms with E-state index in [0.29, 0.717) is 27.9 Å². The Morgan fingerprint density at radius 2 is 1.75 bits per heavy atom. The molecule has 0 heterocycles. The van der Waals surface area contributed by atoms with Crippen LogP contribution in [-0.4, -0.2) is 64.7 Å². The standard InChI is InChI=1S/C24H31Cl2N3O6S/c1-6-11-27-24(31)16(2)28(14-17-7-9-19(25)20(26)12-17)23(30)15-29(36(5,32)33)21-10-8-18(34-3)13-22(21)35-4/h7-10,12-13,16H,6,11,14-15H2,1-5H3,(H,27,31)/t16-/m0/s1. The van der Waals surface area contributed by atoms with E-state index in [4.69, 9.17) is 32.7 Å². The highest BCUT2D eigenvalue weighted by Gasteiger charge is 2.31. The van der Waals surface area contributed by atoms with Crippen LogP contribution in [0.25, 0.3) is 0 Å². The number of carbonyl (C=O) groups is 2. The van der Waals surface area contributed by atoms with E-state index in [0.717, 1.165) is 17.0 Å². The average Bonchev–Trinajstić information content (AvgIpc) is 2.84. The van der Waals surface area contributed by atoms with Crippen LogP contribution in [0.5, 0.6) is 11.5 Å². The third kappa shape index (κ3) is 7.65. The van der Waals surface area contributed by atoms with Crippen LogP contribution in [0.3, 0.4) is 0 Å². The quantitative estimate of drug-likeness (QED) is 0.425. The van der Waals surface area contributed by atoms with Crippen LogP contribution < -0.4 is 19.1 Å². The number of amides is 2. The lowest BCUT2D eigenvalue weighted by atomic mass is 10.1. The van der Waals surface area contributed by atoms with Gasteiger partial charge in [-0.05, 0) is 43.2 Å². The second-order valence-corrected chi connectivity index (χ2v) is 10.8. The highest BCUT2D eigenvalue weighted by Crippen LogP contribution is 2.34. The van der Waals surface area contributed by atoms with Crippen molar-refractivity contribution in [3.05, 3.63) is 52.0 Å². The van der Waals surface area contributed by atoms with E-state index < -0.39 is 28.5 Å². The first-order chi connectivity index (χ1) is 16.9. The Kier molecular flexibility index (Phi) is 10.7. The van der Waals surface area contributed by atoms with Gasteiger partial charge in [-0.2, -0.15) is 0 Å². The molecule has 1 N–H and O–H groups in total. The fraction of sp³-hybridized carbons (Fsp3) is 0.417. The Hall–Kier alpha value is -2.69. The summed E-state index contributed by atoms with van der Waals surface area (Å²) in [7, 11) is -1.06. The van der Waals surface area contributed by atoms with Gasteiger partial charge in [0, 0.05) is 19.2 Å². The Morgan fingerprint density at radius 3 is 2.31 bits per heavy atom. The van der Waals surface area contributed by atoms with Gasteiger partial charge in [0.25, 0.3) is 0 Å². The van der Waals surface area contributed by atoms with E-state index in [2.05, 4.69) is 5.32 Å². The zero-order chi connectivity index (χ0) is 27.0. The maximum Gasteiger partial charge on any atom is 0.244 e. The highest BCUT2D eigenvalue weighted by molar-refractivity contribution is 7.92. The van der Waals surface area contributed by atoms with Gasteiger partial charge in [0.2, 0.25) is 21.8 Å². The van der Waals surface area contributed by atoms with E-state index in [1.54, 1.807) is 31.2 Å². The van der Waals surface area contributed by atoms with Crippen LogP contribution in [0.1, 0.15) is 25.8 Å². The van der Waals surface area contributed by atoms with E-state index in [-0.39, 0.29) is 23.9 Å². The summed E-state index contributed by atoms with van der Waals surface area (Å²) in [5, 5.41) is 3.42. The first kappa shape index (κ1) is 29.5. The van der Waals surface area contributed by atoms with Crippen molar-refractivity contribution in [3.63, 3.8) is 0 Å². The highest BCUT2D eigenvalue weighted by atomic mass is 35.5. The van der Waals surface area contributed by atoms with Crippen LogP contribution in [0.2, 0.25) is 10.0 Å². The predicted molar refractivity (Wildman–Crippen MR) is 142 cm³/mol. The van der Waals surface area contributed by atoms with Gasteiger partial charge in [-0.3, -0.25) is 13.9 Å². The molecular formula is C24H31Cl2N3O6S. The molecule has 2 aromatic carbocycles. The number of hydrogen-bond acceptors (Lipinski definition) is 6. The summed E-state index contributed by atoms with van der Waals surface area (Å²) < 4.78 is 37.0. The summed E-state index contributed by atoms with van der Waals surface area (Å²) >= 11 is 12.2. The second-order valence-electron chi connectivity index (χ2n) is 8.04. The summed E-state index contributed by atoms with van der Waals surface area (Å²) in [6.45, 7) is 3.38. The van der Waals surface area contributed by atoms with E-state index in [1.165, 1.54) is 31.3 Å². The molecule has 2 aromatic rings. The third-order valence-corrected chi connectivity index (χ3v) is 7.25. The molecule has 36 heavy (non-hydrogen) atoms. The molecule has 0 radical (unpaired) electrons. The van der Waals surface area contributed by atoms with Crippen molar-refractivity contribution in [2.75, 3.05) is 37.9 Å². The molecular weight excluding hydrogens is 529 g/mol. The van der Waals surface area contributed by atoms with Crippen molar-refractivity contribution in [2.45, 2.75) is 32.9 Å². The number of anilines is 1. The van der Waals surface area contributed by atoms with Gasteiger partial charge >= 0.3 is 0 Å². The van der Waals surface area contributed by atoms with Crippen molar-refractivity contribution in [1.29, 1.82) is 0 Å². The topological polar surface area (TPSA) is 105 Å². The van der Waals surface area contributed by atoms with Crippen molar-refractivity contribution < 1.29 is 27.5 Å². The predicted octanol–water partition coefficient (Wildman–Crippen LogP) is 3.72. The first-order valence-corrected chi connectivity index (χ1v) is 13.7. The molecule has 0 aliphatic heterocycles. The minimum Gasteiger partial charge on any atom is -0.497 e. The minimum atomic E-state index is -3.92. The molecule has 0 spiro atoms. The molecule has 0 bridgehead atoms. The summed E-state index contributed by atoms with van der Waals surface area (Å²) in [5.74, 6) is -0.295. The number of ether oxygens (including phenoxy) is 2. The molecule has 0 aromatic heterocycles. The molecule has 0 saturated carbocycles. The third-order valence-electron chi connectivity index (χ3n) is 5.39. The lowest BCUT2D eigenvalue weighted by Crippen LogP contribution is -2.51. The number of carbonyl (C=O) groups excluding carboxylic acids is 2. The molecule has 1 atom stereocenters. The molecule has 0 saturated heterocycles. The van der Waals surface area contributed by atoms with Crippen molar-refractivity contribution in [1.82, 2.24) is 10.2 Å². The molecule has 0 aliphatic rings. The first-order valence-electron chi connectivity index (χ1n) is 11.1. The summed E-state index contributed by atoms with van der Waals surface area (Å²) in [5.41, 5.74) is 0.785. The van der Waals surface area contributed by atoms with Crippen LogP contribution in [0.15, 0.2) is 36.4 Å². The van der Waals surface area contributed by atoms with E-state index in [1.807, 2.05) is 6.92 Å². The van der Waals surface area contributed by atoms with Crippen molar-refractivity contribution in [2.24, 2.45) is 0 Å². The maximum absolute atomic E-state index is 13.6. The lowest BCUT2D eigenvalue weighted by molar-refractivity contribution is -0.139. The van der Waals surface area contributed by atoms with Gasteiger partial charge in [-0.15, -0.1) is 0 Å². The number of benzene rings is 2. The van der Waals surface area contributed by atoms with Crippen LogP contribution in [-0.2, 0) is 26.2 Å². The van der Waals surface area contributed by atoms with Crippen LogP contribution >= 0.6 is 23.2 Å². The van der Waals surface area contributed by atoms with Crippen molar-refractivity contribution >= 4 is 50.7 Å². The number of hydrogen-bond donors (Lipinski definition) is 1. The summed E-state index contributed by atoms with van der Waals surface area (Å²) in [6, 6.07) is 8.56. The second kappa shape index (κ2) is 13.0. The molecule has 0 fully saturated rings. The van der Waals surface area contributed by atoms with Gasteiger partial charge in [-0.1, -0.05) is 36.2 Å². The van der Waals surface area contributed by atoms with Gasteiger partial charge in [0.05, 0.1) is 36.2 Å². The van der Waals surface area contributed by atoms with Crippen LogP contribution in [0.4, 0.5) is 5.69 Å². The molecule has 0 aliphatic carbocycles. The Bertz CT molecular complexity index is 1190. The monoisotopic (exact) mass is 559 g/mol. The maximum atomic E-state index is 13.6. The summed E-state index contributed by atoms with van der Waals surface area (Å²) in [6.07, 6.45) is 1.71. The Labute approximate surface area is 222 Å². The molecule has 9 nitrogen and oxygen atoms in total. The number of nitrogens with one attached hydrogen (secondary N) is 1. The molecule has 0 unspecified atom stereocenters. The zero-order valence-corrected chi connectivity index (χ0v) is 23.2. The number of sulfonamides is 1. The Morgan fingerprint density at radius 1 is 1.06 bits per heavy atom. The summed E-state index contributed by atoms with van der Waals surface area (Å²) in [4.78, 5) is 27.7. The van der Waals surface area contributed by atoms with Gasteiger partial charge in [0.1, 0.15) is 24.1 Å². The number of halogens is 2. The van der Waals surface area contributed by atoms with Gasteiger partial charge in [-0.25, -0.2) is 8.42 Å². The largest absolute Gasteiger partial charge is 0.497 e. The lowest BCUT2D eigenvalue weighted by Gasteiger charge is -2.32. The molecule has 2 amide bonds. The van der Waals surface area contributed by atoms with Crippen molar-refractivity contribution in [3.8, 4) is 11.5 Å². The molecule has 12 heteroatoms.